The average molecular weight is 398 g/mol. The number of hydrogen-bond donors (Lipinski definition) is 2. The molecule has 0 fully saturated rings. The lowest BCUT2D eigenvalue weighted by Crippen LogP contribution is -2.02. The van der Waals surface area contributed by atoms with Crippen molar-refractivity contribution in [2.24, 2.45) is 4.99 Å². The molecule has 2 N–H and O–H groups in total. The summed E-state index contributed by atoms with van der Waals surface area (Å²) >= 11 is 4.96. The van der Waals surface area contributed by atoms with Crippen LogP contribution in [-0.2, 0) is 0 Å². The molecule has 0 bridgehead atoms. The Morgan fingerprint density at radius 3 is 2.75 bits per heavy atom. The Hall–Kier alpha value is -2.44. The molecule has 6 heteroatoms. The Kier molecular flexibility index (Phi) is 3.92. The van der Waals surface area contributed by atoms with Crippen molar-refractivity contribution in [2.45, 2.75) is 0 Å². The highest BCUT2D eigenvalue weighted by atomic mass is 79.9. The maximum absolute atomic E-state index is 10.5. The summed E-state index contributed by atoms with van der Waals surface area (Å²) in [7, 11) is 0. The average Bonchev–Trinajstić information content (AvgIpc) is 3.20. The van der Waals surface area contributed by atoms with E-state index in [9.17, 15) is 5.11 Å². The molecule has 4 nitrogen and oxygen atoms in total. The van der Waals surface area contributed by atoms with Crippen molar-refractivity contribution in [1.82, 2.24) is 9.97 Å². The minimum Gasteiger partial charge on any atom is -0.494 e. The van der Waals surface area contributed by atoms with E-state index in [1.54, 1.807) is 11.7 Å². The van der Waals surface area contributed by atoms with Crippen LogP contribution in [0.15, 0.2) is 69.7 Å². The molecule has 0 atom stereocenters. The molecule has 24 heavy (non-hydrogen) atoms. The second kappa shape index (κ2) is 6.22. The molecule has 0 saturated carbocycles. The number of nitrogens with one attached hydrogen (secondary N) is 1. The molecule has 2 heterocycles. The number of aromatic amines is 1. The summed E-state index contributed by atoms with van der Waals surface area (Å²) in [6, 6.07) is 15.7. The molecule has 0 unspecified atom stereocenters. The summed E-state index contributed by atoms with van der Waals surface area (Å²) in [5.41, 5.74) is 4.93. The molecule has 2 aromatic carbocycles. The van der Waals surface area contributed by atoms with Gasteiger partial charge in [-0.3, -0.25) is 4.98 Å². The van der Waals surface area contributed by atoms with Gasteiger partial charge in [0.1, 0.15) is 5.00 Å². The van der Waals surface area contributed by atoms with Crippen molar-refractivity contribution < 1.29 is 5.11 Å². The number of aromatic hydroxyl groups is 1. The van der Waals surface area contributed by atoms with Gasteiger partial charge in [0.05, 0.1) is 23.0 Å². The summed E-state index contributed by atoms with van der Waals surface area (Å²) in [5, 5.41) is 12.2. The van der Waals surface area contributed by atoms with E-state index < -0.39 is 0 Å². The third-order valence-corrected chi connectivity index (χ3v) is 4.82. The van der Waals surface area contributed by atoms with Gasteiger partial charge in [0.2, 0.25) is 0 Å². The van der Waals surface area contributed by atoms with Crippen LogP contribution in [0.3, 0.4) is 0 Å². The lowest BCUT2D eigenvalue weighted by Gasteiger charge is -2.07. The quantitative estimate of drug-likeness (QED) is 0.463. The molecule has 0 saturated heterocycles. The van der Waals surface area contributed by atoms with Crippen LogP contribution in [-0.4, -0.2) is 20.8 Å². The number of nitrogens with zero attached hydrogens (tertiary/aromatic N) is 2. The molecular weight excluding hydrogens is 386 g/mol. The van der Waals surface area contributed by atoms with E-state index in [4.69, 9.17) is 4.99 Å². The number of H-pyrrole nitrogens is 1. The summed E-state index contributed by atoms with van der Waals surface area (Å²) in [6.45, 7) is 0. The zero-order valence-electron chi connectivity index (χ0n) is 12.4. The highest BCUT2D eigenvalue weighted by Gasteiger charge is 2.19. The topological polar surface area (TPSA) is 61.3 Å². The van der Waals surface area contributed by atoms with Crippen molar-refractivity contribution in [2.75, 3.05) is 0 Å². The number of thiazole rings is 1. The first kappa shape index (κ1) is 15.1. The van der Waals surface area contributed by atoms with Gasteiger partial charge in [0.15, 0.2) is 5.88 Å². The van der Waals surface area contributed by atoms with Gasteiger partial charge in [0.25, 0.3) is 0 Å². The van der Waals surface area contributed by atoms with Gasteiger partial charge in [-0.05, 0) is 18.2 Å². The number of fused-ring (bicyclic) bond motifs is 1. The van der Waals surface area contributed by atoms with Crippen LogP contribution < -0.4 is 0 Å². The lowest BCUT2D eigenvalue weighted by atomic mass is 10.0. The Balaban J connectivity index is 2.01. The zero-order valence-corrected chi connectivity index (χ0v) is 14.8. The van der Waals surface area contributed by atoms with Crippen LogP contribution in [0.2, 0.25) is 0 Å². The molecule has 118 valence electrons. The summed E-state index contributed by atoms with van der Waals surface area (Å²) in [5.74, 6) is 0.107. The summed E-state index contributed by atoms with van der Waals surface area (Å²) < 4.78 is 0.945. The number of benzene rings is 2. The summed E-state index contributed by atoms with van der Waals surface area (Å²) in [6.07, 6.45) is 1.72. The molecule has 0 aliphatic heterocycles. The first-order valence-corrected chi connectivity index (χ1v) is 8.93. The second-order valence-electron chi connectivity index (χ2n) is 5.20. The predicted molar refractivity (Wildman–Crippen MR) is 102 cm³/mol. The van der Waals surface area contributed by atoms with Gasteiger partial charge in [-0.15, -0.1) is 11.3 Å². The number of halogens is 1. The van der Waals surface area contributed by atoms with Crippen LogP contribution in [0.1, 0.15) is 11.1 Å². The van der Waals surface area contributed by atoms with Gasteiger partial charge in [0, 0.05) is 20.9 Å². The van der Waals surface area contributed by atoms with E-state index in [1.165, 1.54) is 11.3 Å². The number of hydrogen-bond acceptors (Lipinski definition) is 4. The molecule has 0 aliphatic rings. The minimum atomic E-state index is 0.107. The van der Waals surface area contributed by atoms with Crippen molar-refractivity contribution in [3.05, 3.63) is 75.8 Å². The fourth-order valence-corrected chi connectivity index (χ4v) is 3.48. The standard InChI is InChI=1S/C18H12BrN3OS/c19-12-6-7-14-13(8-12)16(18(23)21-14)17(11-4-2-1-3-5-11)22-15-9-20-10-24-15/h1-10,21,23H/b22-17+. The Morgan fingerprint density at radius 1 is 1.17 bits per heavy atom. The lowest BCUT2D eigenvalue weighted by molar-refractivity contribution is 0.457. The van der Waals surface area contributed by atoms with Crippen LogP contribution in [0.5, 0.6) is 5.88 Å². The Bertz CT molecular complexity index is 1020. The van der Waals surface area contributed by atoms with Gasteiger partial charge >= 0.3 is 0 Å². The number of aromatic nitrogens is 2. The van der Waals surface area contributed by atoms with Crippen LogP contribution in [0, 0.1) is 0 Å². The molecule has 0 radical (unpaired) electrons. The third-order valence-electron chi connectivity index (χ3n) is 3.67. The maximum atomic E-state index is 10.5. The van der Waals surface area contributed by atoms with E-state index in [0.717, 1.165) is 25.9 Å². The van der Waals surface area contributed by atoms with Gasteiger partial charge < -0.3 is 10.1 Å². The molecule has 4 aromatic rings. The largest absolute Gasteiger partial charge is 0.494 e. The fraction of sp³-hybridized carbons (Fsp3) is 0. The van der Waals surface area contributed by atoms with Gasteiger partial charge in [-0.25, -0.2) is 4.99 Å². The predicted octanol–water partition coefficient (Wildman–Crippen LogP) is 5.26. The summed E-state index contributed by atoms with van der Waals surface area (Å²) in [4.78, 5) is 11.9. The van der Waals surface area contributed by atoms with Gasteiger partial charge in [-0.1, -0.05) is 46.3 Å². The number of aliphatic imine (C=N–C) groups is 1. The molecule has 4 rings (SSSR count). The van der Waals surface area contributed by atoms with Gasteiger partial charge in [-0.2, -0.15) is 0 Å². The van der Waals surface area contributed by atoms with E-state index >= 15 is 0 Å². The van der Waals surface area contributed by atoms with E-state index in [-0.39, 0.29) is 5.88 Å². The molecule has 0 amide bonds. The molecule has 2 aromatic heterocycles. The van der Waals surface area contributed by atoms with Crippen LogP contribution in [0.4, 0.5) is 5.00 Å². The highest BCUT2D eigenvalue weighted by Crippen LogP contribution is 2.33. The monoisotopic (exact) mass is 397 g/mol. The van der Waals surface area contributed by atoms with E-state index in [0.29, 0.717) is 11.3 Å². The van der Waals surface area contributed by atoms with Crippen LogP contribution >= 0.6 is 27.3 Å². The van der Waals surface area contributed by atoms with Crippen molar-refractivity contribution in [3.8, 4) is 5.88 Å². The maximum Gasteiger partial charge on any atom is 0.199 e. The zero-order chi connectivity index (χ0) is 16.5. The molecule has 0 spiro atoms. The normalized spacial score (nSPS) is 12.0. The SMILES string of the molecule is Oc1[nH]c2ccc(Br)cc2c1/C(=N/c1cncs1)c1ccccc1. The molecule has 0 aliphatic carbocycles. The van der Waals surface area contributed by atoms with E-state index in [1.807, 2.05) is 48.5 Å². The van der Waals surface area contributed by atoms with Crippen molar-refractivity contribution in [3.63, 3.8) is 0 Å². The third kappa shape index (κ3) is 2.74. The van der Waals surface area contributed by atoms with E-state index in [2.05, 4.69) is 25.9 Å². The Morgan fingerprint density at radius 2 is 2.00 bits per heavy atom. The van der Waals surface area contributed by atoms with Crippen LogP contribution in [0.25, 0.3) is 10.9 Å². The fourth-order valence-electron chi connectivity index (χ4n) is 2.62. The van der Waals surface area contributed by atoms with Crippen molar-refractivity contribution >= 4 is 48.9 Å². The van der Waals surface area contributed by atoms with Crippen molar-refractivity contribution in [1.29, 1.82) is 0 Å². The molecular formula is C18H12BrN3OS. The number of rotatable bonds is 3. The first-order chi connectivity index (χ1) is 11.7. The Labute approximate surface area is 150 Å². The minimum absolute atomic E-state index is 0.107. The highest BCUT2D eigenvalue weighted by molar-refractivity contribution is 9.10. The smallest absolute Gasteiger partial charge is 0.199 e. The second-order valence-corrected chi connectivity index (χ2v) is 6.99. The first-order valence-electron chi connectivity index (χ1n) is 7.25.